The molecule has 4 heteroatoms. The van der Waals surface area contributed by atoms with Crippen molar-refractivity contribution in [3.05, 3.63) is 0 Å². The average Bonchev–Trinajstić information content (AvgIpc) is 2.94. The summed E-state index contributed by atoms with van der Waals surface area (Å²) in [7, 11) is 0. The first-order chi connectivity index (χ1) is 8.45. The van der Waals surface area contributed by atoms with Crippen molar-refractivity contribution in [1.82, 2.24) is 20.2 Å². The van der Waals surface area contributed by atoms with Gasteiger partial charge in [-0.1, -0.05) is 0 Å². The maximum Gasteiger partial charge on any atom is 0.0760 e. The summed E-state index contributed by atoms with van der Waals surface area (Å²) in [6.45, 7) is 8.64. The van der Waals surface area contributed by atoms with Crippen LogP contribution in [0, 0.1) is 0 Å². The van der Waals surface area contributed by atoms with E-state index in [-0.39, 0.29) is 0 Å². The largest absolute Gasteiger partial charge is 0.314 e. The van der Waals surface area contributed by atoms with E-state index in [1.54, 1.807) is 0 Å². The van der Waals surface area contributed by atoms with Gasteiger partial charge in [0.2, 0.25) is 0 Å². The van der Waals surface area contributed by atoms with Crippen LogP contribution in [0.4, 0.5) is 0 Å². The van der Waals surface area contributed by atoms with E-state index in [2.05, 4.69) is 20.2 Å². The standard InChI is InChI=1S/C13H26N4/c1-2-10-17(16-11-6-14-7-12-16)13(5-1)15-8-3-4-9-15/h13-14H,1-12H2. The van der Waals surface area contributed by atoms with Gasteiger partial charge in [0, 0.05) is 32.7 Å². The monoisotopic (exact) mass is 238 g/mol. The molecule has 1 N–H and O–H groups in total. The summed E-state index contributed by atoms with van der Waals surface area (Å²) in [6.07, 6.45) is 7.71. The van der Waals surface area contributed by atoms with Gasteiger partial charge in [0.25, 0.3) is 0 Å². The van der Waals surface area contributed by atoms with E-state index in [1.165, 1.54) is 64.8 Å². The van der Waals surface area contributed by atoms with Crippen LogP contribution in [0.2, 0.25) is 0 Å². The van der Waals surface area contributed by atoms with Crippen molar-refractivity contribution in [2.24, 2.45) is 0 Å². The highest BCUT2D eigenvalue weighted by molar-refractivity contribution is 4.81. The normalized spacial score (nSPS) is 34.2. The summed E-state index contributed by atoms with van der Waals surface area (Å²) in [5.41, 5.74) is 0. The predicted octanol–water partition coefficient (Wildman–Crippen LogP) is 0.714. The summed E-state index contributed by atoms with van der Waals surface area (Å²) in [6, 6.07) is 0. The van der Waals surface area contributed by atoms with Crippen molar-refractivity contribution in [2.75, 3.05) is 45.8 Å². The maximum absolute atomic E-state index is 3.46. The first-order valence-corrected chi connectivity index (χ1v) is 7.41. The summed E-state index contributed by atoms with van der Waals surface area (Å²) in [5, 5.41) is 8.76. The number of rotatable bonds is 2. The fraction of sp³-hybridized carbons (Fsp3) is 1.00. The van der Waals surface area contributed by atoms with Crippen LogP contribution in [-0.2, 0) is 0 Å². The van der Waals surface area contributed by atoms with Crippen molar-refractivity contribution >= 4 is 0 Å². The molecule has 3 aliphatic heterocycles. The molecule has 0 aliphatic carbocycles. The molecule has 0 aromatic heterocycles. The zero-order chi connectivity index (χ0) is 11.5. The molecule has 0 saturated carbocycles. The summed E-state index contributed by atoms with van der Waals surface area (Å²) < 4.78 is 0. The molecule has 3 rings (SSSR count). The molecule has 0 amide bonds. The van der Waals surface area contributed by atoms with Crippen LogP contribution in [0.5, 0.6) is 0 Å². The highest BCUT2D eigenvalue weighted by Crippen LogP contribution is 2.25. The first-order valence-electron chi connectivity index (χ1n) is 7.41. The number of nitrogens with one attached hydrogen (secondary N) is 1. The van der Waals surface area contributed by atoms with E-state index in [0.29, 0.717) is 6.17 Å². The highest BCUT2D eigenvalue weighted by atomic mass is 15.7. The number of likely N-dealkylation sites (tertiary alicyclic amines) is 1. The first kappa shape index (κ1) is 11.9. The van der Waals surface area contributed by atoms with Crippen LogP contribution in [-0.4, -0.2) is 66.9 Å². The van der Waals surface area contributed by atoms with Gasteiger partial charge < -0.3 is 5.32 Å². The maximum atomic E-state index is 3.46. The number of nitrogens with zero attached hydrogens (tertiary/aromatic N) is 3. The smallest absolute Gasteiger partial charge is 0.0760 e. The minimum absolute atomic E-state index is 0.712. The Balaban J connectivity index is 1.65. The van der Waals surface area contributed by atoms with E-state index in [9.17, 15) is 0 Å². The Hall–Kier alpha value is -0.160. The second-order valence-electron chi connectivity index (χ2n) is 5.59. The zero-order valence-corrected chi connectivity index (χ0v) is 10.9. The van der Waals surface area contributed by atoms with Crippen LogP contribution >= 0.6 is 0 Å². The van der Waals surface area contributed by atoms with Crippen LogP contribution in [0.3, 0.4) is 0 Å². The molecule has 4 nitrogen and oxygen atoms in total. The van der Waals surface area contributed by atoms with E-state index < -0.39 is 0 Å². The number of hydrogen-bond acceptors (Lipinski definition) is 4. The fourth-order valence-electron chi connectivity index (χ4n) is 3.55. The Bertz CT molecular complexity index is 234. The second kappa shape index (κ2) is 5.65. The Morgan fingerprint density at radius 3 is 2.24 bits per heavy atom. The molecule has 3 aliphatic rings. The average molecular weight is 238 g/mol. The van der Waals surface area contributed by atoms with Gasteiger partial charge in [-0.3, -0.25) is 4.90 Å². The van der Waals surface area contributed by atoms with Gasteiger partial charge in [0.1, 0.15) is 0 Å². The Kier molecular flexibility index (Phi) is 3.96. The summed E-state index contributed by atoms with van der Waals surface area (Å²) >= 11 is 0. The van der Waals surface area contributed by atoms with Gasteiger partial charge in [-0.05, 0) is 45.2 Å². The van der Waals surface area contributed by atoms with Gasteiger partial charge in [0.05, 0.1) is 6.17 Å². The van der Waals surface area contributed by atoms with Gasteiger partial charge in [0.15, 0.2) is 0 Å². The molecular weight excluding hydrogens is 212 g/mol. The molecule has 98 valence electrons. The SMILES string of the molecule is C1CCN(N2CCNCC2)C(N2CCCC2)C1. The molecule has 3 heterocycles. The number of piperazine rings is 1. The van der Waals surface area contributed by atoms with Crippen LogP contribution in [0.25, 0.3) is 0 Å². The second-order valence-corrected chi connectivity index (χ2v) is 5.59. The third-order valence-corrected chi connectivity index (χ3v) is 4.46. The predicted molar refractivity (Wildman–Crippen MR) is 69.6 cm³/mol. The fourth-order valence-corrected chi connectivity index (χ4v) is 3.55. The van der Waals surface area contributed by atoms with E-state index >= 15 is 0 Å². The van der Waals surface area contributed by atoms with E-state index in [4.69, 9.17) is 0 Å². The van der Waals surface area contributed by atoms with Crippen molar-refractivity contribution < 1.29 is 0 Å². The van der Waals surface area contributed by atoms with Crippen molar-refractivity contribution in [3.63, 3.8) is 0 Å². The molecule has 1 atom stereocenters. The Labute approximate surface area is 105 Å². The molecule has 0 bridgehead atoms. The molecule has 0 spiro atoms. The van der Waals surface area contributed by atoms with Crippen LogP contribution in [0.1, 0.15) is 32.1 Å². The lowest BCUT2D eigenvalue weighted by atomic mass is 10.1. The van der Waals surface area contributed by atoms with E-state index in [0.717, 1.165) is 13.1 Å². The minimum Gasteiger partial charge on any atom is -0.314 e. The Morgan fingerprint density at radius 1 is 0.765 bits per heavy atom. The lowest BCUT2D eigenvalue weighted by Crippen LogP contribution is -2.61. The van der Waals surface area contributed by atoms with Gasteiger partial charge in [-0.25, -0.2) is 10.0 Å². The third-order valence-electron chi connectivity index (χ3n) is 4.46. The van der Waals surface area contributed by atoms with Crippen LogP contribution < -0.4 is 5.32 Å². The Morgan fingerprint density at radius 2 is 1.47 bits per heavy atom. The molecule has 3 saturated heterocycles. The topological polar surface area (TPSA) is 21.8 Å². The highest BCUT2D eigenvalue weighted by Gasteiger charge is 2.33. The van der Waals surface area contributed by atoms with Gasteiger partial charge in [-0.15, -0.1) is 0 Å². The molecule has 3 fully saturated rings. The minimum atomic E-state index is 0.712. The number of piperidine rings is 1. The molecular formula is C13H26N4. The molecule has 17 heavy (non-hydrogen) atoms. The number of hydrazine groups is 1. The van der Waals surface area contributed by atoms with Crippen molar-refractivity contribution in [1.29, 1.82) is 0 Å². The lowest BCUT2D eigenvalue weighted by Gasteiger charge is -2.47. The van der Waals surface area contributed by atoms with E-state index in [1.807, 2.05) is 0 Å². The lowest BCUT2D eigenvalue weighted by molar-refractivity contribution is -0.130. The molecule has 0 aromatic carbocycles. The van der Waals surface area contributed by atoms with Gasteiger partial charge in [-0.2, -0.15) is 0 Å². The molecule has 0 radical (unpaired) electrons. The van der Waals surface area contributed by atoms with Crippen molar-refractivity contribution in [3.8, 4) is 0 Å². The molecule has 1 unspecified atom stereocenters. The van der Waals surface area contributed by atoms with Gasteiger partial charge >= 0.3 is 0 Å². The number of hydrogen-bond donors (Lipinski definition) is 1. The third kappa shape index (κ3) is 2.65. The zero-order valence-electron chi connectivity index (χ0n) is 10.9. The van der Waals surface area contributed by atoms with Crippen LogP contribution in [0.15, 0.2) is 0 Å². The van der Waals surface area contributed by atoms with Crippen molar-refractivity contribution in [2.45, 2.75) is 38.3 Å². The summed E-state index contributed by atoms with van der Waals surface area (Å²) in [5.74, 6) is 0. The molecule has 0 aromatic rings. The quantitative estimate of drug-likeness (QED) is 0.765. The summed E-state index contributed by atoms with van der Waals surface area (Å²) in [4.78, 5) is 2.72.